The topological polar surface area (TPSA) is 38.0 Å². The molecule has 2 rings (SSSR count). The van der Waals surface area contributed by atoms with E-state index in [0.29, 0.717) is 6.54 Å². The second-order valence-electron chi connectivity index (χ2n) is 2.64. The fourth-order valence-electron chi connectivity index (χ4n) is 1.32. The number of pyridine rings is 1. The van der Waals surface area contributed by atoms with Crippen LogP contribution in [0.15, 0.2) is 30.6 Å². The molecule has 0 aliphatic heterocycles. The summed E-state index contributed by atoms with van der Waals surface area (Å²) in [7, 11) is 0. The van der Waals surface area contributed by atoms with Gasteiger partial charge in [0.1, 0.15) is 0 Å². The quantitative estimate of drug-likeness (QED) is 0.716. The van der Waals surface area contributed by atoms with Crippen molar-refractivity contribution in [2.75, 3.05) is 6.61 Å². The Kier molecular flexibility index (Phi) is 1.80. The molecular weight excluding hydrogens is 152 g/mol. The second-order valence-corrected chi connectivity index (χ2v) is 2.64. The van der Waals surface area contributed by atoms with Crippen LogP contribution in [0.5, 0.6) is 0 Å². The summed E-state index contributed by atoms with van der Waals surface area (Å²) >= 11 is 0. The van der Waals surface area contributed by atoms with Crippen LogP contribution in [0.1, 0.15) is 0 Å². The molecule has 62 valence electrons. The highest BCUT2D eigenvalue weighted by molar-refractivity contribution is 5.75. The maximum absolute atomic E-state index is 8.76. The van der Waals surface area contributed by atoms with Crippen molar-refractivity contribution in [2.24, 2.45) is 0 Å². The van der Waals surface area contributed by atoms with Gasteiger partial charge >= 0.3 is 0 Å². The highest BCUT2D eigenvalue weighted by atomic mass is 16.3. The summed E-state index contributed by atoms with van der Waals surface area (Å²) < 4.78 is 1.99. The van der Waals surface area contributed by atoms with Gasteiger partial charge in [-0.2, -0.15) is 0 Å². The van der Waals surface area contributed by atoms with Crippen LogP contribution < -0.4 is 0 Å². The maximum atomic E-state index is 8.76. The number of aliphatic hydroxyl groups is 1. The summed E-state index contributed by atoms with van der Waals surface area (Å²) in [6.07, 6.45) is 3.71. The van der Waals surface area contributed by atoms with Gasteiger partial charge in [-0.1, -0.05) is 0 Å². The number of nitrogens with zero attached hydrogens (tertiary/aromatic N) is 2. The van der Waals surface area contributed by atoms with Gasteiger partial charge in [-0.3, -0.25) is 4.98 Å². The normalized spacial score (nSPS) is 10.8. The summed E-state index contributed by atoms with van der Waals surface area (Å²) in [6.45, 7) is 0.799. The van der Waals surface area contributed by atoms with Gasteiger partial charge in [0.2, 0.25) is 0 Å². The highest BCUT2D eigenvalue weighted by Gasteiger charge is 1.98. The van der Waals surface area contributed by atoms with Crippen LogP contribution >= 0.6 is 0 Å². The monoisotopic (exact) mass is 162 g/mol. The first-order chi connectivity index (χ1) is 5.92. The lowest BCUT2D eigenvalue weighted by Crippen LogP contribution is -1.99. The van der Waals surface area contributed by atoms with Gasteiger partial charge in [-0.15, -0.1) is 0 Å². The van der Waals surface area contributed by atoms with Crippen molar-refractivity contribution in [1.82, 2.24) is 9.55 Å². The Balaban J connectivity index is 2.55. The van der Waals surface area contributed by atoms with E-state index in [1.165, 1.54) is 0 Å². The van der Waals surface area contributed by atoms with Crippen LogP contribution in [0.3, 0.4) is 0 Å². The number of fused-ring (bicyclic) bond motifs is 1. The molecule has 2 aromatic rings. The molecule has 0 aliphatic rings. The fraction of sp³-hybridized carbons (Fsp3) is 0.222. The molecule has 3 nitrogen and oxygen atoms in total. The van der Waals surface area contributed by atoms with Gasteiger partial charge in [-0.05, 0) is 18.2 Å². The lowest BCUT2D eigenvalue weighted by Gasteiger charge is -2.00. The molecule has 0 amide bonds. The number of hydrogen-bond donors (Lipinski definition) is 1. The van der Waals surface area contributed by atoms with Gasteiger partial charge in [-0.25, -0.2) is 0 Å². The largest absolute Gasteiger partial charge is 0.395 e. The molecule has 2 heterocycles. The molecule has 0 spiro atoms. The first kappa shape index (κ1) is 7.31. The van der Waals surface area contributed by atoms with Gasteiger partial charge in [0.05, 0.1) is 17.6 Å². The molecular formula is C9H10N2O. The zero-order chi connectivity index (χ0) is 8.39. The van der Waals surface area contributed by atoms with E-state index in [2.05, 4.69) is 4.98 Å². The lowest BCUT2D eigenvalue weighted by atomic mass is 10.4. The van der Waals surface area contributed by atoms with Crippen LogP contribution in [0.25, 0.3) is 11.0 Å². The smallest absolute Gasteiger partial charge is 0.0880 e. The van der Waals surface area contributed by atoms with Crippen LogP contribution in [0.2, 0.25) is 0 Å². The van der Waals surface area contributed by atoms with Crippen molar-refractivity contribution < 1.29 is 5.11 Å². The summed E-state index contributed by atoms with van der Waals surface area (Å²) in [5.41, 5.74) is 2.05. The molecule has 0 aliphatic carbocycles. The fourth-order valence-corrected chi connectivity index (χ4v) is 1.32. The van der Waals surface area contributed by atoms with Crippen molar-refractivity contribution in [1.29, 1.82) is 0 Å². The van der Waals surface area contributed by atoms with Gasteiger partial charge in [0, 0.05) is 18.9 Å². The molecule has 0 atom stereocenters. The van der Waals surface area contributed by atoms with E-state index >= 15 is 0 Å². The van der Waals surface area contributed by atoms with E-state index in [0.717, 1.165) is 11.0 Å². The van der Waals surface area contributed by atoms with Crippen molar-refractivity contribution in [3.05, 3.63) is 30.6 Å². The van der Waals surface area contributed by atoms with Gasteiger partial charge in [0.15, 0.2) is 0 Å². The molecule has 0 saturated heterocycles. The third kappa shape index (κ3) is 1.08. The molecule has 0 unspecified atom stereocenters. The van der Waals surface area contributed by atoms with Crippen LogP contribution in [0, 0.1) is 0 Å². The third-order valence-electron chi connectivity index (χ3n) is 1.88. The van der Waals surface area contributed by atoms with E-state index in [1.54, 1.807) is 6.20 Å². The number of aromatic nitrogens is 2. The molecule has 0 bridgehead atoms. The Labute approximate surface area is 70.3 Å². The van der Waals surface area contributed by atoms with Gasteiger partial charge in [0.25, 0.3) is 0 Å². The predicted molar refractivity (Wildman–Crippen MR) is 46.8 cm³/mol. The minimum absolute atomic E-state index is 0.165. The van der Waals surface area contributed by atoms with Crippen LogP contribution in [0.4, 0.5) is 0 Å². The lowest BCUT2D eigenvalue weighted by molar-refractivity contribution is 0.278. The third-order valence-corrected chi connectivity index (χ3v) is 1.88. The summed E-state index contributed by atoms with van der Waals surface area (Å²) in [5.74, 6) is 0. The molecule has 0 aromatic carbocycles. The zero-order valence-electron chi connectivity index (χ0n) is 6.64. The zero-order valence-corrected chi connectivity index (χ0v) is 6.64. The van der Waals surface area contributed by atoms with Gasteiger partial charge < -0.3 is 9.67 Å². The van der Waals surface area contributed by atoms with E-state index < -0.39 is 0 Å². The van der Waals surface area contributed by atoms with Crippen molar-refractivity contribution >= 4 is 11.0 Å². The Bertz CT molecular complexity index is 381. The Hall–Kier alpha value is -1.35. The van der Waals surface area contributed by atoms with Crippen LogP contribution in [-0.4, -0.2) is 21.3 Å². The Morgan fingerprint density at radius 3 is 3.17 bits per heavy atom. The molecule has 3 heteroatoms. The standard InChI is InChI=1S/C9H10N2O/c12-7-6-11-5-3-8-9(11)2-1-4-10-8/h1-5,12H,6-7H2. The summed E-state index contributed by atoms with van der Waals surface area (Å²) in [6, 6.07) is 5.85. The molecule has 12 heavy (non-hydrogen) atoms. The van der Waals surface area contributed by atoms with E-state index in [4.69, 9.17) is 5.11 Å². The van der Waals surface area contributed by atoms with E-state index in [9.17, 15) is 0 Å². The molecule has 0 fully saturated rings. The minimum Gasteiger partial charge on any atom is -0.395 e. The summed E-state index contributed by atoms with van der Waals surface area (Å²) in [4.78, 5) is 4.18. The predicted octanol–water partition coefficient (Wildman–Crippen LogP) is 1.03. The number of hydrogen-bond acceptors (Lipinski definition) is 2. The second kappa shape index (κ2) is 2.95. The minimum atomic E-state index is 0.165. The first-order valence-corrected chi connectivity index (χ1v) is 3.92. The molecule has 0 radical (unpaired) electrons. The number of rotatable bonds is 2. The van der Waals surface area contributed by atoms with E-state index in [1.807, 2.05) is 29.0 Å². The SMILES string of the molecule is OCCn1ccc2ncccc21. The van der Waals surface area contributed by atoms with E-state index in [-0.39, 0.29) is 6.61 Å². The Morgan fingerprint density at radius 1 is 1.42 bits per heavy atom. The Morgan fingerprint density at radius 2 is 2.33 bits per heavy atom. The average Bonchev–Trinajstić information content (AvgIpc) is 2.50. The molecule has 1 N–H and O–H groups in total. The average molecular weight is 162 g/mol. The van der Waals surface area contributed by atoms with Crippen molar-refractivity contribution in [2.45, 2.75) is 6.54 Å². The molecule has 0 saturated carbocycles. The maximum Gasteiger partial charge on any atom is 0.0880 e. The summed E-state index contributed by atoms with van der Waals surface area (Å²) in [5, 5.41) is 8.76. The van der Waals surface area contributed by atoms with Crippen molar-refractivity contribution in [3.63, 3.8) is 0 Å². The highest BCUT2D eigenvalue weighted by Crippen LogP contribution is 2.11. The van der Waals surface area contributed by atoms with Crippen molar-refractivity contribution in [3.8, 4) is 0 Å². The first-order valence-electron chi connectivity index (χ1n) is 3.92. The van der Waals surface area contributed by atoms with Crippen LogP contribution in [-0.2, 0) is 6.54 Å². The molecule has 2 aromatic heterocycles. The number of aliphatic hydroxyl groups excluding tert-OH is 1.